The smallest absolute Gasteiger partial charge is 0.254 e. The second kappa shape index (κ2) is 9.52. The van der Waals surface area contributed by atoms with E-state index in [0.717, 1.165) is 16.7 Å². The number of amides is 2. The first kappa shape index (κ1) is 20.8. The van der Waals surface area contributed by atoms with Gasteiger partial charge in [0, 0.05) is 25.9 Å². The molecule has 2 amide bonds. The fourth-order valence-corrected chi connectivity index (χ4v) is 3.75. The Morgan fingerprint density at radius 1 is 1.17 bits per heavy atom. The lowest BCUT2D eigenvalue weighted by Crippen LogP contribution is -2.62. The molecule has 2 aromatic carbocycles. The third-order valence-electron chi connectivity index (χ3n) is 5.24. The number of hydrogen-bond donors (Lipinski definition) is 1. The second-order valence-corrected chi connectivity index (χ2v) is 7.21. The molecule has 0 aliphatic carbocycles. The monoisotopic (exact) mass is 392 g/mol. The molecule has 3 rings (SSSR count). The van der Waals surface area contributed by atoms with Crippen LogP contribution in [0.1, 0.15) is 18.9 Å². The summed E-state index contributed by atoms with van der Waals surface area (Å²) in [6.07, 6.45) is 2.43. The SMILES string of the molecule is C=CCNC(=O)[C@@]1(Cc2ccccc2-c2ccccc2)CN(C(=O)CC)CCO1. The molecule has 5 heteroatoms. The van der Waals surface area contributed by atoms with Crippen molar-refractivity contribution in [3.8, 4) is 11.1 Å². The van der Waals surface area contributed by atoms with Crippen molar-refractivity contribution in [3.63, 3.8) is 0 Å². The van der Waals surface area contributed by atoms with E-state index >= 15 is 0 Å². The number of carbonyl (C=O) groups excluding carboxylic acids is 2. The largest absolute Gasteiger partial charge is 0.361 e. The summed E-state index contributed by atoms with van der Waals surface area (Å²) in [4.78, 5) is 27.3. The van der Waals surface area contributed by atoms with Crippen LogP contribution in [-0.2, 0) is 20.7 Å². The average Bonchev–Trinajstić information content (AvgIpc) is 2.78. The number of carbonyl (C=O) groups is 2. The zero-order chi connectivity index (χ0) is 20.7. The van der Waals surface area contributed by atoms with Crippen molar-refractivity contribution >= 4 is 11.8 Å². The molecule has 29 heavy (non-hydrogen) atoms. The van der Waals surface area contributed by atoms with Gasteiger partial charge in [-0.25, -0.2) is 0 Å². The summed E-state index contributed by atoms with van der Waals surface area (Å²) in [6.45, 7) is 6.94. The van der Waals surface area contributed by atoms with Gasteiger partial charge in [-0.15, -0.1) is 6.58 Å². The zero-order valence-corrected chi connectivity index (χ0v) is 16.9. The van der Waals surface area contributed by atoms with Gasteiger partial charge in [0.05, 0.1) is 13.2 Å². The molecule has 2 aromatic rings. The molecule has 1 aliphatic rings. The van der Waals surface area contributed by atoms with E-state index in [4.69, 9.17) is 4.74 Å². The summed E-state index contributed by atoms with van der Waals surface area (Å²) in [5, 5.41) is 2.88. The molecule has 0 radical (unpaired) electrons. The summed E-state index contributed by atoms with van der Waals surface area (Å²) < 4.78 is 6.10. The quantitative estimate of drug-likeness (QED) is 0.736. The maximum absolute atomic E-state index is 13.2. The summed E-state index contributed by atoms with van der Waals surface area (Å²) in [5.41, 5.74) is 2.03. The highest BCUT2D eigenvalue weighted by atomic mass is 16.5. The number of nitrogens with one attached hydrogen (secondary N) is 1. The first-order chi connectivity index (χ1) is 14.1. The lowest BCUT2D eigenvalue weighted by molar-refractivity contribution is -0.165. The van der Waals surface area contributed by atoms with Gasteiger partial charge in [-0.2, -0.15) is 0 Å². The molecule has 5 nitrogen and oxygen atoms in total. The van der Waals surface area contributed by atoms with Crippen molar-refractivity contribution < 1.29 is 14.3 Å². The molecule has 0 unspecified atom stereocenters. The van der Waals surface area contributed by atoms with Gasteiger partial charge >= 0.3 is 0 Å². The normalized spacial score (nSPS) is 18.9. The Bertz CT molecular complexity index is 865. The van der Waals surface area contributed by atoms with Crippen molar-refractivity contribution in [2.75, 3.05) is 26.2 Å². The van der Waals surface area contributed by atoms with E-state index in [1.54, 1.807) is 11.0 Å². The fraction of sp³-hybridized carbons (Fsp3) is 0.333. The molecule has 1 heterocycles. The number of morpholine rings is 1. The molecule has 0 saturated carbocycles. The van der Waals surface area contributed by atoms with E-state index in [9.17, 15) is 9.59 Å². The summed E-state index contributed by atoms with van der Waals surface area (Å²) in [7, 11) is 0. The van der Waals surface area contributed by atoms with Crippen LogP contribution in [0.15, 0.2) is 67.3 Å². The summed E-state index contributed by atoms with van der Waals surface area (Å²) in [6, 6.07) is 18.1. The van der Waals surface area contributed by atoms with Crippen molar-refractivity contribution in [1.82, 2.24) is 10.2 Å². The first-order valence-corrected chi connectivity index (χ1v) is 10.0. The minimum Gasteiger partial charge on any atom is -0.361 e. The predicted molar refractivity (Wildman–Crippen MR) is 114 cm³/mol. The molecule has 152 valence electrons. The highest BCUT2D eigenvalue weighted by Crippen LogP contribution is 2.30. The van der Waals surface area contributed by atoms with Crippen molar-refractivity contribution in [2.45, 2.75) is 25.4 Å². The molecular weight excluding hydrogens is 364 g/mol. The molecule has 1 fully saturated rings. The second-order valence-electron chi connectivity index (χ2n) is 7.21. The lowest BCUT2D eigenvalue weighted by atomic mass is 9.87. The van der Waals surface area contributed by atoms with E-state index in [2.05, 4.69) is 30.1 Å². The van der Waals surface area contributed by atoms with Crippen LogP contribution in [0.4, 0.5) is 0 Å². The van der Waals surface area contributed by atoms with Gasteiger partial charge in [0.2, 0.25) is 5.91 Å². The Morgan fingerprint density at radius 2 is 1.90 bits per heavy atom. The highest BCUT2D eigenvalue weighted by Gasteiger charge is 2.45. The van der Waals surface area contributed by atoms with Gasteiger partial charge in [-0.1, -0.05) is 67.6 Å². The van der Waals surface area contributed by atoms with Crippen LogP contribution in [-0.4, -0.2) is 48.6 Å². The molecule has 0 aromatic heterocycles. The average molecular weight is 392 g/mol. The molecule has 1 saturated heterocycles. The lowest BCUT2D eigenvalue weighted by Gasteiger charge is -2.42. The van der Waals surface area contributed by atoms with E-state index in [0.29, 0.717) is 32.5 Å². The minimum absolute atomic E-state index is 0.0329. The van der Waals surface area contributed by atoms with Gasteiger partial charge in [-0.3, -0.25) is 9.59 Å². The van der Waals surface area contributed by atoms with Crippen LogP contribution in [0.25, 0.3) is 11.1 Å². The van der Waals surface area contributed by atoms with Gasteiger partial charge in [0.25, 0.3) is 5.91 Å². The van der Waals surface area contributed by atoms with Crippen molar-refractivity contribution in [2.24, 2.45) is 0 Å². The van der Waals surface area contributed by atoms with Crippen LogP contribution >= 0.6 is 0 Å². The number of ether oxygens (including phenoxy) is 1. The first-order valence-electron chi connectivity index (χ1n) is 10.0. The van der Waals surface area contributed by atoms with Crippen molar-refractivity contribution in [3.05, 3.63) is 72.8 Å². The Kier molecular flexibility index (Phi) is 6.83. The molecular formula is C24H28N2O3. The maximum Gasteiger partial charge on any atom is 0.254 e. The zero-order valence-electron chi connectivity index (χ0n) is 16.9. The number of rotatable bonds is 7. The van der Waals surface area contributed by atoms with Crippen LogP contribution in [0.5, 0.6) is 0 Å². The standard InChI is InChI=1S/C24H28N2O3/c1-3-14-25-23(28)24(18-26(15-16-29-24)22(27)4-2)17-20-12-8-9-13-21(20)19-10-6-5-7-11-19/h3,5-13H,1,4,14-18H2,2H3,(H,25,28)/t24-/m1/s1. The van der Waals surface area contributed by atoms with Crippen LogP contribution in [0.2, 0.25) is 0 Å². The molecule has 1 atom stereocenters. The number of nitrogens with zero attached hydrogens (tertiary/aromatic N) is 1. The van der Waals surface area contributed by atoms with Gasteiger partial charge < -0.3 is 15.0 Å². The highest BCUT2D eigenvalue weighted by molar-refractivity contribution is 5.88. The Balaban J connectivity index is 1.97. The van der Waals surface area contributed by atoms with E-state index in [1.807, 2.05) is 43.3 Å². The Hall–Kier alpha value is -2.92. The van der Waals surface area contributed by atoms with Crippen LogP contribution < -0.4 is 5.32 Å². The summed E-state index contributed by atoms with van der Waals surface area (Å²) >= 11 is 0. The number of hydrogen-bond acceptors (Lipinski definition) is 3. The van der Waals surface area contributed by atoms with E-state index < -0.39 is 5.60 Å². The van der Waals surface area contributed by atoms with Gasteiger partial charge in [0.15, 0.2) is 5.60 Å². The maximum atomic E-state index is 13.2. The Morgan fingerprint density at radius 3 is 2.62 bits per heavy atom. The minimum atomic E-state index is -1.13. The third kappa shape index (κ3) is 4.74. The van der Waals surface area contributed by atoms with Crippen LogP contribution in [0.3, 0.4) is 0 Å². The van der Waals surface area contributed by atoms with Gasteiger partial charge in [0.1, 0.15) is 0 Å². The fourth-order valence-electron chi connectivity index (χ4n) is 3.75. The van der Waals surface area contributed by atoms with E-state index in [-0.39, 0.29) is 18.4 Å². The van der Waals surface area contributed by atoms with Crippen LogP contribution in [0, 0.1) is 0 Å². The Labute approximate surface area is 172 Å². The molecule has 0 spiro atoms. The van der Waals surface area contributed by atoms with Gasteiger partial charge in [-0.05, 0) is 16.7 Å². The predicted octanol–water partition coefficient (Wildman–Crippen LogP) is 3.21. The topological polar surface area (TPSA) is 58.6 Å². The van der Waals surface area contributed by atoms with E-state index in [1.165, 1.54) is 0 Å². The summed E-state index contributed by atoms with van der Waals surface area (Å²) in [5.74, 6) is -0.181. The molecule has 1 N–H and O–H groups in total. The van der Waals surface area contributed by atoms with Crippen molar-refractivity contribution in [1.29, 1.82) is 0 Å². The molecule has 1 aliphatic heterocycles. The molecule has 0 bridgehead atoms. The third-order valence-corrected chi connectivity index (χ3v) is 5.24. The number of benzene rings is 2.